The molecular formula is C18H23N5O3. The minimum Gasteiger partial charge on any atom is -0.377 e. The molecule has 2 aliphatic heterocycles. The van der Waals surface area contributed by atoms with E-state index in [2.05, 4.69) is 15.1 Å². The quantitative estimate of drug-likeness (QED) is 0.817. The third-order valence-electron chi connectivity index (χ3n) is 4.94. The Balaban J connectivity index is 1.46. The summed E-state index contributed by atoms with van der Waals surface area (Å²) in [7, 11) is 0. The van der Waals surface area contributed by atoms with Gasteiger partial charge in [-0.05, 0) is 31.9 Å². The van der Waals surface area contributed by atoms with E-state index < -0.39 is 5.60 Å². The van der Waals surface area contributed by atoms with Crippen LogP contribution in [0.3, 0.4) is 0 Å². The maximum atomic E-state index is 12.9. The molecule has 2 saturated heterocycles. The molecule has 2 aliphatic rings. The van der Waals surface area contributed by atoms with E-state index in [0.717, 1.165) is 18.5 Å². The van der Waals surface area contributed by atoms with Crippen LogP contribution in [0.15, 0.2) is 30.9 Å². The Hall–Kier alpha value is -2.32. The Kier molecular flexibility index (Phi) is 4.69. The summed E-state index contributed by atoms with van der Waals surface area (Å²) < 4.78 is 13.9. The second kappa shape index (κ2) is 7.13. The van der Waals surface area contributed by atoms with Crippen molar-refractivity contribution < 1.29 is 14.3 Å². The van der Waals surface area contributed by atoms with Crippen molar-refractivity contribution in [2.24, 2.45) is 0 Å². The zero-order chi connectivity index (χ0) is 18.0. The molecule has 2 aromatic heterocycles. The lowest BCUT2D eigenvalue weighted by atomic mass is 10.00. The third-order valence-corrected chi connectivity index (χ3v) is 4.94. The van der Waals surface area contributed by atoms with Crippen LogP contribution >= 0.6 is 0 Å². The van der Waals surface area contributed by atoms with Crippen molar-refractivity contribution in [3.63, 3.8) is 0 Å². The molecule has 138 valence electrons. The van der Waals surface area contributed by atoms with E-state index in [4.69, 9.17) is 9.47 Å². The van der Waals surface area contributed by atoms with Gasteiger partial charge in [-0.1, -0.05) is 6.07 Å². The van der Waals surface area contributed by atoms with Crippen molar-refractivity contribution >= 4 is 5.91 Å². The number of ether oxygens (including phenoxy) is 2. The molecule has 4 rings (SSSR count). The molecule has 0 aromatic carbocycles. The standard InChI is InChI=1S/C18H23N5O3/c1-14-3-2-4-16(21-14)17(24)22-7-8-25-11-18(10-22)6-5-15(26-18)9-23-13-19-12-20-23/h2-4,12-13,15H,5-11H2,1H3. The molecular weight excluding hydrogens is 334 g/mol. The first kappa shape index (κ1) is 17.1. The van der Waals surface area contributed by atoms with Crippen LogP contribution in [0, 0.1) is 6.92 Å². The van der Waals surface area contributed by atoms with Crippen LogP contribution in [-0.2, 0) is 16.0 Å². The fraction of sp³-hybridized carbons (Fsp3) is 0.556. The van der Waals surface area contributed by atoms with Gasteiger partial charge in [0.2, 0.25) is 0 Å². The number of carbonyl (C=O) groups excluding carboxylic acids is 1. The van der Waals surface area contributed by atoms with Gasteiger partial charge >= 0.3 is 0 Å². The summed E-state index contributed by atoms with van der Waals surface area (Å²) in [4.78, 5) is 23.1. The van der Waals surface area contributed by atoms with Gasteiger partial charge < -0.3 is 14.4 Å². The van der Waals surface area contributed by atoms with Crippen LogP contribution in [0.1, 0.15) is 29.0 Å². The first-order valence-electron chi connectivity index (χ1n) is 8.94. The van der Waals surface area contributed by atoms with Gasteiger partial charge in [0.05, 0.1) is 32.4 Å². The molecule has 0 bridgehead atoms. The molecule has 4 heterocycles. The molecule has 1 spiro atoms. The van der Waals surface area contributed by atoms with Crippen LogP contribution in [0.5, 0.6) is 0 Å². The lowest BCUT2D eigenvalue weighted by Crippen LogP contribution is -2.47. The average Bonchev–Trinajstić information content (AvgIpc) is 3.22. The highest BCUT2D eigenvalue weighted by atomic mass is 16.6. The van der Waals surface area contributed by atoms with Crippen LogP contribution < -0.4 is 0 Å². The maximum absolute atomic E-state index is 12.9. The number of aryl methyl sites for hydroxylation is 1. The number of amides is 1. The first-order valence-corrected chi connectivity index (χ1v) is 8.94. The Labute approximate surface area is 152 Å². The SMILES string of the molecule is Cc1cccc(C(=O)N2CCOCC3(CCC(Cn4cncn4)O3)C2)n1. The first-order chi connectivity index (χ1) is 12.6. The summed E-state index contributed by atoms with van der Waals surface area (Å²) in [5.41, 5.74) is 0.849. The van der Waals surface area contributed by atoms with Gasteiger partial charge in [-0.3, -0.25) is 9.48 Å². The number of aromatic nitrogens is 4. The summed E-state index contributed by atoms with van der Waals surface area (Å²) in [6.07, 6.45) is 5.03. The second-order valence-corrected chi connectivity index (χ2v) is 7.02. The van der Waals surface area contributed by atoms with Gasteiger partial charge in [0.15, 0.2) is 0 Å². The molecule has 8 nitrogen and oxygen atoms in total. The molecule has 0 N–H and O–H groups in total. The van der Waals surface area contributed by atoms with Crippen molar-refractivity contribution in [3.8, 4) is 0 Å². The van der Waals surface area contributed by atoms with E-state index in [1.807, 2.05) is 24.0 Å². The maximum Gasteiger partial charge on any atom is 0.272 e. The Morgan fingerprint density at radius 2 is 2.35 bits per heavy atom. The molecule has 8 heteroatoms. The minimum atomic E-state index is -0.457. The highest BCUT2D eigenvalue weighted by Gasteiger charge is 2.44. The average molecular weight is 357 g/mol. The summed E-state index contributed by atoms with van der Waals surface area (Å²) in [6, 6.07) is 5.51. The van der Waals surface area contributed by atoms with Crippen molar-refractivity contribution in [2.45, 2.75) is 38.0 Å². The smallest absolute Gasteiger partial charge is 0.272 e. The van der Waals surface area contributed by atoms with E-state index >= 15 is 0 Å². The molecule has 2 unspecified atom stereocenters. The van der Waals surface area contributed by atoms with Crippen molar-refractivity contribution in [1.29, 1.82) is 0 Å². The van der Waals surface area contributed by atoms with E-state index in [-0.39, 0.29) is 12.0 Å². The highest BCUT2D eigenvalue weighted by Crippen LogP contribution is 2.34. The second-order valence-electron chi connectivity index (χ2n) is 7.02. The summed E-state index contributed by atoms with van der Waals surface area (Å²) in [5, 5.41) is 4.14. The fourth-order valence-electron chi connectivity index (χ4n) is 3.69. The zero-order valence-electron chi connectivity index (χ0n) is 14.9. The summed E-state index contributed by atoms with van der Waals surface area (Å²) in [6.45, 7) is 4.64. The normalized spacial score (nSPS) is 26.2. The molecule has 26 heavy (non-hydrogen) atoms. The van der Waals surface area contributed by atoms with E-state index in [0.29, 0.717) is 38.5 Å². The molecule has 2 atom stereocenters. The van der Waals surface area contributed by atoms with E-state index in [1.54, 1.807) is 17.1 Å². The topological polar surface area (TPSA) is 82.4 Å². The lowest BCUT2D eigenvalue weighted by molar-refractivity contribution is -0.0881. The predicted molar refractivity (Wildman–Crippen MR) is 92.6 cm³/mol. The largest absolute Gasteiger partial charge is 0.377 e. The summed E-state index contributed by atoms with van der Waals surface area (Å²) >= 11 is 0. The molecule has 1 amide bonds. The molecule has 0 radical (unpaired) electrons. The number of nitrogens with zero attached hydrogens (tertiary/aromatic N) is 5. The summed E-state index contributed by atoms with van der Waals surface area (Å²) in [5.74, 6) is -0.0677. The zero-order valence-corrected chi connectivity index (χ0v) is 14.9. The van der Waals surface area contributed by atoms with E-state index in [9.17, 15) is 4.79 Å². The number of rotatable bonds is 3. The molecule has 2 fully saturated rings. The molecule has 2 aromatic rings. The minimum absolute atomic E-state index is 0.0486. The van der Waals surface area contributed by atoms with Crippen molar-refractivity contribution in [1.82, 2.24) is 24.6 Å². The number of carbonyl (C=O) groups is 1. The number of hydrogen-bond donors (Lipinski definition) is 0. The van der Waals surface area contributed by atoms with Crippen LogP contribution in [-0.4, -0.2) is 68.6 Å². The van der Waals surface area contributed by atoms with Crippen molar-refractivity contribution in [2.75, 3.05) is 26.3 Å². The van der Waals surface area contributed by atoms with Gasteiger partial charge in [-0.15, -0.1) is 0 Å². The van der Waals surface area contributed by atoms with Gasteiger partial charge in [0, 0.05) is 12.2 Å². The fourth-order valence-corrected chi connectivity index (χ4v) is 3.69. The number of pyridine rings is 1. The Morgan fingerprint density at radius 3 is 3.15 bits per heavy atom. The Bertz CT molecular complexity index is 766. The monoisotopic (exact) mass is 357 g/mol. The lowest BCUT2D eigenvalue weighted by Gasteiger charge is -2.31. The highest BCUT2D eigenvalue weighted by molar-refractivity contribution is 5.92. The van der Waals surface area contributed by atoms with Gasteiger partial charge in [-0.25, -0.2) is 9.97 Å². The van der Waals surface area contributed by atoms with Gasteiger partial charge in [0.25, 0.3) is 5.91 Å². The predicted octanol–water partition coefficient (Wildman–Crippen LogP) is 1.07. The van der Waals surface area contributed by atoms with Crippen LogP contribution in [0.4, 0.5) is 0 Å². The Morgan fingerprint density at radius 1 is 1.42 bits per heavy atom. The number of hydrogen-bond acceptors (Lipinski definition) is 6. The van der Waals surface area contributed by atoms with Crippen LogP contribution in [0.25, 0.3) is 0 Å². The van der Waals surface area contributed by atoms with Gasteiger partial charge in [0.1, 0.15) is 23.9 Å². The molecule has 0 saturated carbocycles. The van der Waals surface area contributed by atoms with Crippen molar-refractivity contribution in [3.05, 3.63) is 42.2 Å². The van der Waals surface area contributed by atoms with Gasteiger partial charge in [-0.2, -0.15) is 5.10 Å². The van der Waals surface area contributed by atoms with Crippen LogP contribution in [0.2, 0.25) is 0 Å². The van der Waals surface area contributed by atoms with E-state index in [1.165, 1.54) is 6.33 Å². The molecule has 0 aliphatic carbocycles. The third kappa shape index (κ3) is 3.61.